The van der Waals surface area contributed by atoms with E-state index in [9.17, 15) is 18.0 Å². The summed E-state index contributed by atoms with van der Waals surface area (Å²) in [5, 5.41) is 0. The third-order valence-electron chi connectivity index (χ3n) is 7.30. The van der Waals surface area contributed by atoms with Gasteiger partial charge in [-0.15, -0.1) is 0 Å². The Morgan fingerprint density at radius 1 is 1.00 bits per heavy atom. The Morgan fingerprint density at radius 3 is 2.42 bits per heavy atom. The lowest BCUT2D eigenvalue weighted by atomic mass is 9.91. The molecule has 1 amide bonds. The van der Waals surface area contributed by atoms with Crippen LogP contribution in [0, 0.1) is 0 Å². The summed E-state index contributed by atoms with van der Waals surface area (Å²) < 4.78 is 38.4. The molecule has 2 aliphatic heterocycles. The van der Waals surface area contributed by atoms with Crippen LogP contribution in [0.4, 0.5) is 13.2 Å². The summed E-state index contributed by atoms with van der Waals surface area (Å²) in [6.07, 6.45) is 1.26. The SMILES string of the molecule is O=C(CN1CCc2cc(-c3ccc(C(F)(F)F)cn3)ccc2C1)N1CCN(C2CCC2)CC1. The average molecular weight is 459 g/mol. The summed E-state index contributed by atoms with van der Waals surface area (Å²) in [5.74, 6) is 0.206. The monoisotopic (exact) mass is 458 g/mol. The van der Waals surface area contributed by atoms with Crippen molar-refractivity contribution in [2.45, 2.75) is 44.4 Å². The first kappa shape index (κ1) is 22.3. The molecule has 3 heterocycles. The minimum absolute atomic E-state index is 0.206. The molecule has 0 radical (unpaired) electrons. The van der Waals surface area contributed by atoms with Gasteiger partial charge in [-0.2, -0.15) is 13.2 Å². The lowest BCUT2D eigenvalue weighted by molar-refractivity contribution is -0.138. The molecular formula is C25H29F3N4O. The molecule has 0 bridgehead atoms. The fourth-order valence-electron chi connectivity index (χ4n) is 5.02. The van der Waals surface area contributed by atoms with Crippen molar-refractivity contribution in [3.05, 3.63) is 53.2 Å². The molecule has 5 nitrogen and oxygen atoms in total. The van der Waals surface area contributed by atoms with E-state index < -0.39 is 11.7 Å². The first-order valence-corrected chi connectivity index (χ1v) is 11.8. The van der Waals surface area contributed by atoms with Gasteiger partial charge in [0.1, 0.15) is 0 Å². The second kappa shape index (κ2) is 9.06. The Balaban J connectivity index is 1.17. The third-order valence-corrected chi connectivity index (χ3v) is 7.30. The Bertz CT molecular complexity index is 996. The number of alkyl halides is 3. The number of carbonyl (C=O) groups is 1. The highest BCUT2D eigenvalue weighted by Crippen LogP contribution is 2.31. The van der Waals surface area contributed by atoms with Gasteiger partial charge in [0.05, 0.1) is 17.8 Å². The molecule has 0 spiro atoms. The second-order valence-corrected chi connectivity index (χ2v) is 9.38. The second-order valence-electron chi connectivity index (χ2n) is 9.38. The average Bonchev–Trinajstić information content (AvgIpc) is 2.77. The summed E-state index contributed by atoms with van der Waals surface area (Å²) >= 11 is 0. The number of halogens is 3. The minimum atomic E-state index is -4.38. The zero-order valence-electron chi connectivity index (χ0n) is 18.7. The number of pyridine rings is 1. The summed E-state index contributed by atoms with van der Waals surface area (Å²) in [5.41, 5.74) is 2.95. The molecule has 0 atom stereocenters. The maximum Gasteiger partial charge on any atom is 0.417 e. The molecule has 1 saturated carbocycles. The van der Waals surface area contributed by atoms with Crippen molar-refractivity contribution >= 4 is 5.91 Å². The fourth-order valence-corrected chi connectivity index (χ4v) is 5.02. The summed E-state index contributed by atoms with van der Waals surface area (Å²) in [7, 11) is 0. The summed E-state index contributed by atoms with van der Waals surface area (Å²) in [6, 6.07) is 9.16. The standard InChI is InChI=1S/C25H29F3N4O/c26-25(27,28)21-6-7-23(29-15-21)19-4-5-20-16-30(9-8-18(20)14-19)17-24(33)32-12-10-31(11-13-32)22-2-1-3-22/h4-7,14-15,22H,1-3,8-13,16-17H2. The van der Waals surface area contributed by atoms with E-state index in [1.807, 2.05) is 23.1 Å². The number of piperazine rings is 1. The highest BCUT2D eigenvalue weighted by atomic mass is 19.4. The number of carbonyl (C=O) groups excluding carboxylic acids is 1. The van der Waals surface area contributed by atoms with E-state index in [1.54, 1.807) is 0 Å². The number of aromatic nitrogens is 1. The van der Waals surface area contributed by atoms with Crippen LogP contribution in [-0.4, -0.2) is 70.9 Å². The molecule has 8 heteroatoms. The zero-order chi connectivity index (χ0) is 23.0. The van der Waals surface area contributed by atoms with Crippen LogP contribution in [0.3, 0.4) is 0 Å². The van der Waals surface area contributed by atoms with Gasteiger partial charge < -0.3 is 4.90 Å². The highest BCUT2D eigenvalue weighted by molar-refractivity contribution is 5.78. The lowest BCUT2D eigenvalue weighted by Gasteiger charge is -2.43. The van der Waals surface area contributed by atoms with Crippen molar-refractivity contribution in [3.63, 3.8) is 0 Å². The van der Waals surface area contributed by atoms with Gasteiger partial charge in [0.15, 0.2) is 0 Å². The molecule has 33 heavy (non-hydrogen) atoms. The number of rotatable bonds is 4. The van der Waals surface area contributed by atoms with E-state index in [2.05, 4.69) is 14.8 Å². The van der Waals surface area contributed by atoms with Crippen LogP contribution in [-0.2, 0) is 23.9 Å². The minimum Gasteiger partial charge on any atom is -0.339 e. The molecule has 176 valence electrons. The number of hydrogen-bond donors (Lipinski definition) is 0. The maximum atomic E-state index is 12.9. The molecule has 1 aliphatic carbocycles. The first-order chi connectivity index (χ1) is 15.9. The van der Waals surface area contributed by atoms with Crippen LogP contribution in [0.25, 0.3) is 11.3 Å². The van der Waals surface area contributed by atoms with Crippen LogP contribution < -0.4 is 0 Å². The molecule has 3 aliphatic rings. The molecule has 2 fully saturated rings. The van der Waals surface area contributed by atoms with Gasteiger partial charge in [-0.1, -0.05) is 18.6 Å². The fraction of sp³-hybridized carbons (Fsp3) is 0.520. The van der Waals surface area contributed by atoms with Crippen LogP contribution >= 0.6 is 0 Å². The van der Waals surface area contributed by atoms with Crippen molar-refractivity contribution in [2.24, 2.45) is 0 Å². The van der Waals surface area contributed by atoms with Gasteiger partial charge in [-0.25, -0.2) is 0 Å². The van der Waals surface area contributed by atoms with E-state index in [0.717, 1.165) is 63.0 Å². The number of hydrogen-bond acceptors (Lipinski definition) is 4. The van der Waals surface area contributed by atoms with E-state index >= 15 is 0 Å². The molecule has 1 aromatic carbocycles. The summed E-state index contributed by atoms with van der Waals surface area (Å²) in [4.78, 5) is 23.6. The van der Waals surface area contributed by atoms with Crippen molar-refractivity contribution in [3.8, 4) is 11.3 Å². The topological polar surface area (TPSA) is 39.7 Å². The van der Waals surface area contributed by atoms with E-state index in [0.29, 0.717) is 18.8 Å². The summed E-state index contributed by atoms with van der Waals surface area (Å²) in [6.45, 7) is 5.56. The number of amides is 1. The van der Waals surface area contributed by atoms with Crippen molar-refractivity contribution < 1.29 is 18.0 Å². The van der Waals surface area contributed by atoms with Gasteiger partial charge in [0.2, 0.25) is 5.91 Å². The van der Waals surface area contributed by atoms with Crippen LogP contribution in [0.2, 0.25) is 0 Å². The van der Waals surface area contributed by atoms with Gasteiger partial charge in [0, 0.05) is 57.1 Å². The predicted octanol–water partition coefficient (Wildman–Crippen LogP) is 3.82. The Hall–Kier alpha value is -2.45. The predicted molar refractivity (Wildman–Crippen MR) is 119 cm³/mol. The lowest BCUT2D eigenvalue weighted by Crippen LogP contribution is -2.55. The van der Waals surface area contributed by atoms with Gasteiger partial charge >= 0.3 is 6.18 Å². The van der Waals surface area contributed by atoms with E-state index in [1.165, 1.54) is 36.5 Å². The molecule has 1 aromatic heterocycles. The van der Waals surface area contributed by atoms with Crippen molar-refractivity contribution in [2.75, 3.05) is 39.3 Å². The van der Waals surface area contributed by atoms with Crippen LogP contribution in [0.15, 0.2) is 36.5 Å². The Morgan fingerprint density at radius 2 is 1.79 bits per heavy atom. The van der Waals surface area contributed by atoms with Crippen LogP contribution in [0.1, 0.15) is 36.0 Å². The molecule has 0 unspecified atom stereocenters. The molecule has 2 aromatic rings. The van der Waals surface area contributed by atoms with E-state index in [-0.39, 0.29) is 5.91 Å². The first-order valence-electron chi connectivity index (χ1n) is 11.8. The zero-order valence-corrected chi connectivity index (χ0v) is 18.7. The van der Waals surface area contributed by atoms with Crippen molar-refractivity contribution in [1.82, 2.24) is 19.7 Å². The number of nitrogens with zero attached hydrogens (tertiary/aromatic N) is 4. The maximum absolute atomic E-state index is 12.9. The Kier molecular flexibility index (Phi) is 6.14. The van der Waals surface area contributed by atoms with Gasteiger partial charge in [-0.05, 0) is 48.6 Å². The molecule has 0 N–H and O–H groups in total. The number of benzene rings is 1. The Labute approximate surface area is 192 Å². The largest absolute Gasteiger partial charge is 0.417 e. The molecule has 1 saturated heterocycles. The smallest absolute Gasteiger partial charge is 0.339 e. The normalized spacial score (nSPS) is 20.4. The van der Waals surface area contributed by atoms with E-state index in [4.69, 9.17) is 0 Å². The van der Waals surface area contributed by atoms with Crippen LogP contribution in [0.5, 0.6) is 0 Å². The van der Waals surface area contributed by atoms with Crippen molar-refractivity contribution in [1.29, 1.82) is 0 Å². The third kappa shape index (κ3) is 4.92. The number of fused-ring (bicyclic) bond motifs is 1. The quantitative estimate of drug-likeness (QED) is 0.699. The van der Waals surface area contributed by atoms with Gasteiger partial charge in [0.25, 0.3) is 0 Å². The molecule has 5 rings (SSSR count). The van der Waals surface area contributed by atoms with Gasteiger partial charge in [-0.3, -0.25) is 19.6 Å². The molecular weight excluding hydrogens is 429 g/mol. The highest BCUT2D eigenvalue weighted by Gasteiger charge is 2.31.